The standard InChI is InChI=1S/C18H20N2O3/c1-11-5-6-12(2)14(9-11)18(22)20-15-10-13(17(21)19-3)7-8-16(15)23-4/h5-10H,1-4H3,(H,19,21)(H,20,22). The van der Waals surface area contributed by atoms with Crippen molar-refractivity contribution in [3.8, 4) is 5.75 Å². The summed E-state index contributed by atoms with van der Waals surface area (Å²) in [4.78, 5) is 24.3. The summed E-state index contributed by atoms with van der Waals surface area (Å²) in [7, 11) is 3.07. The van der Waals surface area contributed by atoms with Gasteiger partial charge in [0.15, 0.2) is 0 Å². The number of benzene rings is 2. The third-order valence-electron chi connectivity index (χ3n) is 3.57. The van der Waals surface area contributed by atoms with Gasteiger partial charge < -0.3 is 15.4 Å². The predicted molar refractivity (Wildman–Crippen MR) is 90.3 cm³/mol. The molecule has 0 aliphatic heterocycles. The third-order valence-corrected chi connectivity index (χ3v) is 3.57. The molecular weight excluding hydrogens is 292 g/mol. The van der Waals surface area contributed by atoms with Crippen molar-refractivity contribution < 1.29 is 14.3 Å². The van der Waals surface area contributed by atoms with Gasteiger partial charge in [-0.05, 0) is 43.7 Å². The number of carbonyl (C=O) groups is 2. The lowest BCUT2D eigenvalue weighted by Gasteiger charge is -2.13. The Kier molecular flexibility index (Phi) is 5.01. The van der Waals surface area contributed by atoms with Crippen molar-refractivity contribution in [2.24, 2.45) is 0 Å². The average molecular weight is 312 g/mol. The molecule has 0 fully saturated rings. The molecule has 0 bridgehead atoms. The summed E-state index contributed by atoms with van der Waals surface area (Å²) >= 11 is 0. The zero-order chi connectivity index (χ0) is 17.0. The molecule has 0 heterocycles. The Morgan fingerprint density at radius 3 is 2.39 bits per heavy atom. The van der Waals surface area contributed by atoms with Crippen molar-refractivity contribution in [1.82, 2.24) is 5.32 Å². The zero-order valence-electron chi connectivity index (χ0n) is 13.7. The summed E-state index contributed by atoms with van der Waals surface area (Å²) in [5, 5.41) is 5.38. The highest BCUT2D eigenvalue weighted by Gasteiger charge is 2.14. The van der Waals surface area contributed by atoms with Crippen LogP contribution in [0.2, 0.25) is 0 Å². The van der Waals surface area contributed by atoms with Crippen molar-refractivity contribution in [2.45, 2.75) is 13.8 Å². The van der Waals surface area contributed by atoms with Crippen LogP contribution in [0.1, 0.15) is 31.8 Å². The number of amides is 2. The largest absolute Gasteiger partial charge is 0.495 e. The normalized spacial score (nSPS) is 10.1. The van der Waals surface area contributed by atoms with E-state index in [1.807, 2.05) is 32.0 Å². The highest BCUT2D eigenvalue weighted by atomic mass is 16.5. The molecule has 0 radical (unpaired) electrons. The van der Waals surface area contributed by atoms with E-state index in [0.717, 1.165) is 11.1 Å². The fourth-order valence-electron chi connectivity index (χ4n) is 2.26. The van der Waals surface area contributed by atoms with Crippen LogP contribution in [-0.2, 0) is 0 Å². The number of rotatable bonds is 4. The Labute approximate surface area is 135 Å². The van der Waals surface area contributed by atoms with Gasteiger partial charge in [0.2, 0.25) is 0 Å². The Morgan fingerprint density at radius 1 is 1.00 bits per heavy atom. The topological polar surface area (TPSA) is 67.4 Å². The van der Waals surface area contributed by atoms with E-state index in [2.05, 4.69) is 10.6 Å². The molecule has 0 saturated carbocycles. The van der Waals surface area contributed by atoms with Crippen molar-refractivity contribution in [1.29, 1.82) is 0 Å². The molecule has 0 atom stereocenters. The molecule has 2 aromatic carbocycles. The van der Waals surface area contributed by atoms with Crippen LogP contribution in [0.5, 0.6) is 5.75 Å². The van der Waals surface area contributed by atoms with Crippen LogP contribution in [0.15, 0.2) is 36.4 Å². The smallest absolute Gasteiger partial charge is 0.256 e. The van der Waals surface area contributed by atoms with E-state index in [1.54, 1.807) is 25.2 Å². The number of hydrogen-bond donors (Lipinski definition) is 2. The molecule has 2 rings (SSSR count). The van der Waals surface area contributed by atoms with Gasteiger partial charge in [-0.25, -0.2) is 0 Å². The SMILES string of the molecule is CNC(=O)c1ccc(OC)c(NC(=O)c2cc(C)ccc2C)c1. The van der Waals surface area contributed by atoms with Crippen molar-refractivity contribution in [2.75, 3.05) is 19.5 Å². The second-order valence-corrected chi connectivity index (χ2v) is 5.27. The number of hydrogen-bond acceptors (Lipinski definition) is 3. The first-order valence-corrected chi connectivity index (χ1v) is 7.25. The molecule has 0 saturated heterocycles. The Morgan fingerprint density at radius 2 is 1.74 bits per heavy atom. The molecule has 0 aromatic heterocycles. The summed E-state index contributed by atoms with van der Waals surface area (Å²) in [5.74, 6) is 0.0322. The van der Waals surface area contributed by atoms with Gasteiger partial charge in [-0.2, -0.15) is 0 Å². The highest BCUT2D eigenvalue weighted by molar-refractivity contribution is 6.07. The van der Waals surface area contributed by atoms with Gasteiger partial charge in [-0.3, -0.25) is 9.59 Å². The fourth-order valence-corrected chi connectivity index (χ4v) is 2.26. The zero-order valence-corrected chi connectivity index (χ0v) is 13.7. The number of aryl methyl sites for hydroxylation is 2. The summed E-state index contributed by atoms with van der Waals surface area (Å²) in [5.41, 5.74) is 3.39. The lowest BCUT2D eigenvalue weighted by Crippen LogP contribution is -2.19. The fraction of sp³-hybridized carbons (Fsp3) is 0.222. The lowest BCUT2D eigenvalue weighted by atomic mass is 10.0. The summed E-state index contributed by atoms with van der Waals surface area (Å²) in [6.45, 7) is 3.82. The van der Waals surface area contributed by atoms with Crippen LogP contribution in [0.3, 0.4) is 0 Å². The van der Waals surface area contributed by atoms with Gasteiger partial charge in [0.1, 0.15) is 5.75 Å². The monoisotopic (exact) mass is 312 g/mol. The second kappa shape index (κ2) is 6.96. The van der Waals surface area contributed by atoms with E-state index in [9.17, 15) is 9.59 Å². The van der Waals surface area contributed by atoms with Gasteiger partial charge in [0, 0.05) is 18.2 Å². The van der Waals surface area contributed by atoms with Crippen LogP contribution < -0.4 is 15.4 Å². The maximum absolute atomic E-state index is 12.5. The van der Waals surface area contributed by atoms with Crippen LogP contribution in [0.4, 0.5) is 5.69 Å². The molecule has 2 aromatic rings. The van der Waals surface area contributed by atoms with Gasteiger partial charge in [0.05, 0.1) is 12.8 Å². The Hall–Kier alpha value is -2.82. The number of nitrogens with one attached hydrogen (secondary N) is 2. The highest BCUT2D eigenvalue weighted by Crippen LogP contribution is 2.26. The number of carbonyl (C=O) groups excluding carboxylic acids is 2. The Balaban J connectivity index is 2.36. The van der Waals surface area contributed by atoms with E-state index >= 15 is 0 Å². The molecule has 120 valence electrons. The maximum atomic E-state index is 12.5. The number of methoxy groups -OCH3 is 1. The van der Waals surface area contributed by atoms with Crippen molar-refractivity contribution in [3.63, 3.8) is 0 Å². The minimum atomic E-state index is -0.237. The molecule has 0 spiro atoms. The molecule has 23 heavy (non-hydrogen) atoms. The van der Waals surface area contributed by atoms with E-state index < -0.39 is 0 Å². The van der Waals surface area contributed by atoms with Gasteiger partial charge >= 0.3 is 0 Å². The van der Waals surface area contributed by atoms with Gasteiger partial charge in [0.25, 0.3) is 11.8 Å². The predicted octanol–water partition coefficient (Wildman–Crippen LogP) is 2.92. The lowest BCUT2D eigenvalue weighted by molar-refractivity contribution is 0.0961. The van der Waals surface area contributed by atoms with Crippen molar-refractivity contribution in [3.05, 3.63) is 58.7 Å². The van der Waals surface area contributed by atoms with E-state index in [0.29, 0.717) is 22.6 Å². The van der Waals surface area contributed by atoms with Gasteiger partial charge in [-0.15, -0.1) is 0 Å². The first-order valence-electron chi connectivity index (χ1n) is 7.25. The molecular formula is C18H20N2O3. The summed E-state index contributed by atoms with van der Waals surface area (Å²) in [6, 6.07) is 10.6. The molecule has 5 heteroatoms. The summed E-state index contributed by atoms with van der Waals surface area (Å²) in [6.07, 6.45) is 0. The van der Waals surface area contributed by atoms with Crippen LogP contribution in [0, 0.1) is 13.8 Å². The first kappa shape index (κ1) is 16.5. The molecule has 0 unspecified atom stereocenters. The van der Waals surface area contributed by atoms with Crippen LogP contribution >= 0.6 is 0 Å². The Bertz CT molecular complexity index is 754. The van der Waals surface area contributed by atoms with E-state index in [4.69, 9.17) is 4.74 Å². The third kappa shape index (κ3) is 3.69. The van der Waals surface area contributed by atoms with Crippen LogP contribution in [-0.4, -0.2) is 26.0 Å². The quantitative estimate of drug-likeness (QED) is 0.912. The molecule has 5 nitrogen and oxygen atoms in total. The first-order chi connectivity index (χ1) is 11.0. The minimum Gasteiger partial charge on any atom is -0.495 e. The molecule has 2 amide bonds. The molecule has 0 aliphatic rings. The number of ether oxygens (including phenoxy) is 1. The van der Waals surface area contributed by atoms with Gasteiger partial charge in [-0.1, -0.05) is 17.7 Å². The summed E-state index contributed by atoms with van der Waals surface area (Å²) < 4.78 is 5.26. The van der Waals surface area contributed by atoms with E-state index in [-0.39, 0.29) is 11.8 Å². The minimum absolute atomic E-state index is 0.227. The molecule has 2 N–H and O–H groups in total. The second-order valence-electron chi connectivity index (χ2n) is 5.27. The van der Waals surface area contributed by atoms with E-state index in [1.165, 1.54) is 7.11 Å². The molecule has 0 aliphatic carbocycles. The maximum Gasteiger partial charge on any atom is 0.256 e. The average Bonchev–Trinajstić information content (AvgIpc) is 2.56. The van der Waals surface area contributed by atoms with Crippen LogP contribution in [0.25, 0.3) is 0 Å². The number of anilines is 1. The van der Waals surface area contributed by atoms with Crippen molar-refractivity contribution >= 4 is 17.5 Å².